The van der Waals surface area contributed by atoms with Crippen molar-refractivity contribution in [2.75, 3.05) is 6.61 Å². The molecule has 0 saturated carbocycles. The Morgan fingerprint density at radius 3 is 2.03 bits per heavy atom. The van der Waals surface area contributed by atoms with Gasteiger partial charge in [-0.05, 0) is 37.2 Å². The first-order chi connectivity index (χ1) is 14.5. The number of ketones is 1. The maximum Gasteiger partial charge on any atom is 0.243 e. The normalized spacial score (nSPS) is 20.8. The van der Waals surface area contributed by atoms with Gasteiger partial charge >= 0.3 is 0 Å². The van der Waals surface area contributed by atoms with E-state index in [0.29, 0.717) is 25.9 Å². The zero-order chi connectivity index (χ0) is 23.2. The molecule has 0 bridgehead atoms. The van der Waals surface area contributed by atoms with Crippen LogP contribution in [0.15, 0.2) is 30.3 Å². The van der Waals surface area contributed by atoms with Crippen molar-refractivity contribution >= 4 is 17.6 Å². The van der Waals surface area contributed by atoms with Gasteiger partial charge in [-0.15, -0.1) is 0 Å². The van der Waals surface area contributed by atoms with E-state index in [9.17, 15) is 14.4 Å². The number of amides is 2. The second-order valence-corrected chi connectivity index (χ2v) is 9.56. The molecule has 31 heavy (non-hydrogen) atoms. The lowest BCUT2D eigenvalue weighted by atomic mass is 9.93. The SMILES string of the molecule is CC(C)CC(NC(=O)[C@H](Cc1ccccc1)NC(=O)[C@@H](N)CC(C)C)C(=O)[C@@]1(C)CO1. The summed E-state index contributed by atoms with van der Waals surface area (Å²) in [5.74, 6) is -0.422. The average Bonchev–Trinajstić information content (AvgIpc) is 3.44. The maximum atomic E-state index is 13.2. The third-order valence-corrected chi connectivity index (χ3v) is 5.42. The monoisotopic (exact) mass is 431 g/mol. The summed E-state index contributed by atoms with van der Waals surface area (Å²) in [7, 11) is 0. The molecule has 1 aliphatic rings. The van der Waals surface area contributed by atoms with Crippen molar-refractivity contribution in [3.63, 3.8) is 0 Å². The molecular formula is C24H37N3O4. The third-order valence-electron chi connectivity index (χ3n) is 5.42. The molecule has 4 N–H and O–H groups in total. The van der Waals surface area contributed by atoms with Crippen molar-refractivity contribution in [2.45, 2.75) is 77.6 Å². The van der Waals surface area contributed by atoms with Crippen LogP contribution in [0.1, 0.15) is 53.0 Å². The van der Waals surface area contributed by atoms with Crippen molar-refractivity contribution in [2.24, 2.45) is 17.6 Å². The predicted molar refractivity (Wildman–Crippen MR) is 120 cm³/mol. The Hall–Kier alpha value is -2.25. The second-order valence-electron chi connectivity index (χ2n) is 9.56. The third kappa shape index (κ3) is 7.74. The number of hydrogen-bond donors (Lipinski definition) is 3. The van der Waals surface area contributed by atoms with Gasteiger partial charge in [0.15, 0.2) is 5.78 Å². The molecule has 7 nitrogen and oxygen atoms in total. The topological polar surface area (TPSA) is 114 Å². The molecule has 7 heteroatoms. The Morgan fingerprint density at radius 1 is 0.968 bits per heavy atom. The minimum absolute atomic E-state index is 0.129. The fraction of sp³-hybridized carbons (Fsp3) is 0.625. The Labute approximate surface area is 185 Å². The van der Waals surface area contributed by atoms with E-state index in [2.05, 4.69) is 10.6 Å². The Balaban J connectivity index is 2.16. The lowest BCUT2D eigenvalue weighted by molar-refractivity contribution is -0.133. The van der Waals surface area contributed by atoms with Crippen molar-refractivity contribution < 1.29 is 19.1 Å². The molecular weight excluding hydrogens is 394 g/mol. The van der Waals surface area contributed by atoms with Crippen LogP contribution in [0.5, 0.6) is 0 Å². The number of Topliss-reactive ketones (excluding diaryl/α,β-unsaturated/α-hetero) is 1. The number of carbonyl (C=O) groups excluding carboxylic acids is 3. The zero-order valence-corrected chi connectivity index (χ0v) is 19.3. The van der Waals surface area contributed by atoms with Crippen molar-refractivity contribution in [3.8, 4) is 0 Å². The smallest absolute Gasteiger partial charge is 0.243 e. The van der Waals surface area contributed by atoms with Gasteiger partial charge in [0.05, 0.1) is 18.7 Å². The molecule has 1 aliphatic heterocycles. The van der Waals surface area contributed by atoms with Crippen LogP contribution >= 0.6 is 0 Å². The van der Waals surface area contributed by atoms with Gasteiger partial charge < -0.3 is 21.1 Å². The molecule has 2 rings (SSSR count). The molecule has 1 unspecified atom stereocenters. The molecule has 0 aliphatic carbocycles. The van der Waals surface area contributed by atoms with Crippen LogP contribution in [0.25, 0.3) is 0 Å². The average molecular weight is 432 g/mol. The second kappa shape index (κ2) is 10.9. The van der Waals surface area contributed by atoms with Crippen LogP contribution in [-0.2, 0) is 25.5 Å². The minimum atomic E-state index is -0.830. The summed E-state index contributed by atoms with van der Waals surface area (Å²) in [5.41, 5.74) is 6.10. The standard InChI is InChI=1S/C24H37N3O4/c1-15(2)11-18(25)22(29)27-20(13-17-9-7-6-8-10-17)23(30)26-19(12-16(3)4)21(28)24(5)14-31-24/h6-10,15-16,18-20H,11-14,25H2,1-5H3,(H,26,30)(H,27,29)/t18-,19?,20-,24+/m0/s1. The molecule has 1 aromatic rings. The van der Waals surface area contributed by atoms with E-state index in [1.165, 1.54) is 0 Å². The first-order valence-corrected chi connectivity index (χ1v) is 11.1. The van der Waals surface area contributed by atoms with Gasteiger partial charge in [0.1, 0.15) is 11.6 Å². The molecule has 1 heterocycles. The first-order valence-electron chi connectivity index (χ1n) is 11.1. The molecule has 1 aromatic carbocycles. The van der Waals surface area contributed by atoms with Gasteiger partial charge in [-0.3, -0.25) is 14.4 Å². The molecule has 0 spiro atoms. The van der Waals surface area contributed by atoms with E-state index in [1.807, 2.05) is 58.0 Å². The molecule has 1 fully saturated rings. The number of carbonyl (C=O) groups is 3. The number of hydrogen-bond acceptors (Lipinski definition) is 5. The van der Waals surface area contributed by atoms with Crippen molar-refractivity contribution in [1.29, 1.82) is 0 Å². The fourth-order valence-electron chi connectivity index (χ4n) is 3.55. The number of epoxide rings is 1. The van der Waals surface area contributed by atoms with E-state index >= 15 is 0 Å². The highest BCUT2D eigenvalue weighted by Gasteiger charge is 2.50. The molecule has 2 amide bonds. The van der Waals surface area contributed by atoms with Crippen LogP contribution in [0.4, 0.5) is 0 Å². The number of benzene rings is 1. The Bertz CT molecular complexity index is 759. The van der Waals surface area contributed by atoms with Gasteiger partial charge in [0, 0.05) is 6.42 Å². The van der Waals surface area contributed by atoms with Gasteiger partial charge in [0.25, 0.3) is 0 Å². The van der Waals surface area contributed by atoms with E-state index in [-0.39, 0.29) is 23.5 Å². The fourth-order valence-corrected chi connectivity index (χ4v) is 3.55. The van der Waals surface area contributed by atoms with Crippen molar-refractivity contribution in [3.05, 3.63) is 35.9 Å². The largest absolute Gasteiger partial charge is 0.361 e. The van der Waals surface area contributed by atoms with Crippen LogP contribution in [0.2, 0.25) is 0 Å². The van der Waals surface area contributed by atoms with Crippen LogP contribution in [0.3, 0.4) is 0 Å². The van der Waals surface area contributed by atoms with Crippen molar-refractivity contribution in [1.82, 2.24) is 10.6 Å². The predicted octanol–water partition coefficient (Wildman–Crippen LogP) is 1.98. The van der Waals surface area contributed by atoms with E-state index in [4.69, 9.17) is 10.5 Å². The zero-order valence-electron chi connectivity index (χ0n) is 19.3. The summed E-state index contributed by atoms with van der Waals surface area (Å²) < 4.78 is 5.30. The number of nitrogens with one attached hydrogen (secondary N) is 2. The summed E-state index contributed by atoms with van der Waals surface area (Å²) in [4.78, 5) is 38.7. The van der Waals surface area contributed by atoms with E-state index in [0.717, 1.165) is 5.56 Å². The molecule has 172 valence electrons. The van der Waals surface area contributed by atoms with Crippen LogP contribution in [0, 0.1) is 11.8 Å². The Morgan fingerprint density at radius 2 is 1.52 bits per heavy atom. The lowest BCUT2D eigenvalue weighted by Crippen LogP contribution is -2.56. The summed E-state index contributed by atoms with van der Waals surface area (Å²) in [6.45, 7) is 10.1. The maximum absolute atomic E-state index is 13.2. The van der Waals surface area contributed by atoms with E-state index < -0.39 is 29.6 Å². The molecule has 4 atom stereocenters. The van der Waals surface area contributed by atoms with Gasteiger partial charge in [0.2, 0.25) is 11.8 Å². The number of ether oxygens (including phenoxy) is 1. The summed E-state index contributed by atoms with van der Waals surface area (Å²) in [6.07, 6.45) is 1.33. The molecule has 0 aromatic heterocycles. The minimum Gasteiger partial charge on any atom is -0.361 e. The quantitative estimate of drug-likeness (QED) is 0.438. The highest BCUT2D eigenvalue weighted by molar-refractivity contribution is 5.98. The lowest BCUT2D eigenvalue weighted by Gasteiger charge is -2.26. The van der Waals surface area contributed by atoms with Gasteiger partial charge in [-0.2, -0.15) is 0 Å². The highest BCUT2D eigenvalue weighted by Crippen LogP contribution is 2.29. The summed E-state index contributed by atoms with van der Waals surface area (Å²) in [6, 6.07) is 7.26. The van der Waals surface area contributed by atoms with Gasteiger partial charge in [-0.1, -0.05) is 58.0 Å². The van der Waals surface area contributed by atoms with Crippen LogP contribution < -0.4 is 16.4 Å². The number of rotatable bonds is 12. The van der Waals surface area contributed by atoms with Crippen LogP contribution in [-0.4, -0.2) is 47.9 Å². The molecule has 0 radical (unpaired) electrons. The summed E-state index contributed by atoms with van der Waals surface area (Å²) >= 11 is 0. The Kier molecular flexibility index (Phi) is 8.77. The highest BCUT2D eigenvalue weighted by atomic mass is 16.6. The van der Waals surface area contributed by atoms with E-state index in [1.54, 1.807) is 6.92 Å². The number of nitrogens with two attached hydrogens (primary N) is 1. The summed E-state index contributed by atoms with van der Waals surface area (Å²) in [5, 5.41) is 5.68. The van der Waals surface area contributed by atoms with Gasteiger partial charge in [-0.25, -0.2) is 0 Å². The first kappa shape index (κ1) is 25.0. The molecule has 1 saturated heterocycles.